The Morgan fingerprint density at radius 2 is 1.87 bits per heavy atom. The van der Waals surface area contributed by atoms with Crippen molar-refractivity contribution in [2.45, 2.75) is 13.2 Å². The van der Waals surface area contributed by atoms with E-state index >= 15 is 0 Å². The van der Waals surface area contributed by atoms with Gasteiger partial charge in [0.1, 0.15) is 6.61 Å². The SMILES string of the molecule is C=CCN1C(=O)c2ccc(C(=O)OCc3nc4ccccc4n3C(F)F)cc2C1=O. The molecule has 0 saturated carbocycles. The van der Waals surface area contributed by atoms with Gasteiger partial charge in [-0.1, -0.05) is 18.2 Å². The van der Waals surface area contributed by atoms with Gasteiger partial charge in [0.2, 0.25) is 0 Å². The Morgan fingerprint density at radius 3 is 2.60 bits per heavy atom. The van der Waals surface area contributed by atoms with Crippen LogP contribution in [0.1, 0.15) is 43.4 Å². The molecule has 3 aromatic rings. The first kappa shape index (κ1) is 19.4. The Labute approximate surface area is 169 Å². The summed E-state index contributed by atoms with van der Waals surface area (Å²) in [5.41, 5.74) is 0.861. The van der Waals surface area contributed by atoms with Crippen LogP contribution in [0.4, 0.5) is 8.78 Å². The van der Waals surface area contributed by atoms with E-state index in [0.717, 1.165) is 4.90 Å². The fourth-order valence-corrected chi connectivity index (χ4v) is 3.34. The Hall–Kier alpha value is -3.88. The Morgan fingerprint density at radius 1 is 1.13 bits per heavy atom. The van der Waals surface area contributed by atoms with Crippen LogP contribution in [0.2, 0.25) is 0 Å². The van der Waals surface area contributed by atoms with Crippen molar-refractivity contribution in [3.8, 4) is 0 Å². The minimum atomic E-state index is -2.86. The lowest BCUT2D eigenvalue weighted by Crippen LogP contribution is -2.29. The van der Waals surface area contributed by atoms with Crippen molar-refractivity contribution >= 4 is 28.8 Å². The number of fused-ring (bicyclic) bond motifs is 2. The monoisotopic (exact) mass is 411 g/mol. The van der Waals surface area contributed by atoms with E-state index in [9.17, 15) is 23.2 Å². The highest BCUT2D eigenvalue weighted by Gasteiger charge is 2.35. The molecule has 2 heterocycles. The summed E-state index contributed by atoms with van der Waals surface area (Å²) in [5.74, 6) is -1.94. The molecule has 0 radical (unpaired) electrons. The number of para-hydroxylation sites is 2. The molecular weight excluding hydrogens is 396 g/mol. The fourth-order valence-electron chi connectivity index (χ4n) is 3.34. The molecule has 0 N–H and O–H groups in total. The van der Waals surface area contributed by atoms with Crippen LogP contribution >= 0.6 is 0 Å². The van der Waals surface area contributed by atoms with Gasteiger partial charge in [-0.25, -0.2) is 9.78 Å². The van der Waals surface area contributed by atoms with Crippen molar-refractivity contribution in [3.05, 3.63) is 77.6 Å². The number of esters is 1. The second kappa shape index (κ2) is 7.51. The average molecular weight is 411 g/mol. The molecule has 1 aliphatic heterocycles. The summed E-state index contributed by atoms with van der Waals surface area (Å²) in [6.07, 6.45) is 1.42. The van der Waals surface area contributed by atoms with Crippen molar-refractivity contribution in [3.63, 3.8) is 0 Å². The van der Waals surface area contributed by atoms with E-state index in [4.69, 9.17) is 4.74 Å². The standard InChI is InChI=1S/C21H15F2N3O4/c1-2-9-25-18(27)13-8-7-12(10-14(13)19(25)28)20(29)30-11-17-24-15-5-3-4-6-16(15)26(17)21(22)23/h2-8,10,21H,1,9,11H2. The van der Waals surface area contributed by atoms with E-state index in [1.165, 1.54) is 30.3 Å². The van der Waals surface area contributed by atoms with Crippen molar-refractivity contribution in [1.29, 1.82) is 0 Å². The van der Waals surface area contributed by atoms with Crippen molar-refractivity contribution < 1.29 is 27.9 Å². The molecule has 0 unspecified atom stereocenters. The van der Waals surface area contributed by atoms with Gasteiger partial charge in [0.25, 0.3) is 11.8 Å². The first-order chi connectivity index (χ1) is 14.4. The van der Waals surface area contributed by atoms with Crippen LogP contribution in [0.15, 0.2) is 55.1 Å². The van der Waals surface area contributed by atoms with Crippen molar-refractivity contribution in [1.82, 2.24) is 14.5 Å². The molecule has 1 aromatic heterocycles. The highest BCUT2D eigenvalue weighted by Crippen LogP contribution is 2.26. The van der Waals surface area contributed by atoms with Gasteiger partial charge < -0.3 is 4.74 Å². The predicted molar refractivity (Wildman–Crippen MR) is 102 cm³/mol. The number of benzene rings is 2. The quantitative estimate of drug-likeness (QED) is 0.352. The number of alkyl halides is 2. The number of imidazole rings is 1. The lowest BCUT2D eigenvalue weighted by atomic mass is 10.1. The van der Waals surface area contributed by atoms with Gasteiger partial charge in [0.15, 0.2) is 5.82 Å². The molecule has 0 bridgehead atoms. The Kier molecular flexibility index (Phi) is 4.86. The van der Waals surface area contributed by atoms with Crippen LogP contribution in [0, 0.1) is 0 Å². The molecule has 9 heteroatoms. The number of hydrogen-bond donors (Lipinski definition) is 0. The van der Waals surface area contributed by atoms with Crippen LogP contribution < -0.4 is 0 Å². The average Bonchev–Trinajstić information content (AvgIpc) is 3.23. The first-order valence-electron chi connectivity index (χ1n) is 8.94. The summed E-state index contributed by atoms with van der Waals surface area (Å²) in [4.78, 5) is 42.2. The van der Waals surface area contributed by atoms with Gasteiger partial charge in [0.05, 0.1) is 27.7 Å². The number of carbonyl (C=O) groups excluding carboxylic acids is 3. The third-order valence-corrected chi connectivity index (χ3v) is 4.71. The molecule has 0 spiro atoms. The van der Waals surface area contributed by atoms with E-state index in [1.54, 1.807) is 18.2 Å². The number of hydrogen-bond acceptors (Lipinski definition) is 5. The van der Waals surface area contributed by atoms with E-state index in [-0.39, 0.29) is 34.6 Å². The minimum Gasteiger partial charge on any atom is -0.454 e. The summed E-state index contributed by atoms with van der Waals surface area (Å²) in [5, 5.41) is 0. The largest absolute Gasteiger partial charge is 0.454 e. The first-order valence-corrected chi connectivity index (χ1v) is 8.94. The molecule has 2 aromatic carbocycles. The highest BCUT2D eigenvalue weighted by atomic mass is 19.3. The summed E-state index contributed by atoms with van der Waals surface area (Å²) >= 11 is 0. The van der Waals surface area contributed by atoms with E-state index < -0.39 is 30.9 Å². The number of nitrogens with zero attached hydrogens (tertiary/aromatic N) is 3. The van der Waals surface area contributed by atoms with Gasteiger partial charge in [-0.3, -0.25) is 19.1 Å². The lowest BCUT2D eigenvalue weighted by Gasteiger charge is -2.09. The number of carbonyl (C=O) groups is 3. The summed E-state index contributed by atoms with van der Waals surface area (Å²) in [6.45, 7) is 0.222. The topological polar surface area (TPSA) is 81.5 Å². The van der Waals surface area contributed by atoms with Crippen LogP contribution in [-0.4, -0.2) is 38.8 Å². The lowest BCUT2D eigenvalue weighted by molar-refractivity contribution is 0.0387. The molecule has 4 rings (SSSR count). The van der Waals surface area contributed by atoms with Crippen LogP contribution in [-0.2, 0) is 11.3 Å². The van der Waals surface area contributed by atoms with Gasteiger partial charge in [-0.2, -0.15) is 8.78 Å². The van der Waals surface area contributed by atoms with Gasteiger partial charge in [0, 0.05) is 6.54 Å². The third-order valence-electron chi connectivity index (χ3n) is 4.71. The van der Waals surface area contributed by atoms with Gasteiger partial charge in [-0.15, -0.1) is 6.58 Å². The maximum Gasteiger partial charge on any atom is 0.338 e. The number of aromatic nitrogens is 2. The molecule has 0 fully saturated rings. The zero-order chi connectivity index (χ0) is 21.4. The highest BCUT2D eigenvalue weighted by molar-refractivity contribution is 6.22. The third kappa shape index (κ3) is 3.14. The zero-order valence-electron chi connectivity index (χ0n) is 15.5. The predicted octanol–water partition coefficient (Wildman–Crippen LogP) is 3.57. The summed E-state index contributed by atoms with van der Waals surface area (Å²) in [6, 6.07) is 10.3. The minimum absolute atomic E-state index is 0.0232. The zero-order valence-corrected chi connectivity index (χ0v) is 15.5. The number of rotatable bonds is 6. The van der Waals surface area contributed by atoms with Gasteiger partial charge >= 0.3 is 12.5 Å². The maximum absolute atomic E-state index is 13.5. The van der Waals surface area contributed by atoms with E-state index in [1.807, 2.05) is 0 Å². The second-order valence-corrected chi connectivity index (χ2v) is 6.51. The molecule has 0 aliphatic carbocycles. The van der Waals surface area contributed by atoms with Crippen LogP contribution in [0.25, 0.3) is 11.0 Å². The molecule has 0 atom stereocenters. The summed E-state index contributed by atoms with van der Waals surface area (Å²) < 4.78 is 32.8. The Bertz CT molecular complexity index is 1200. The van der Waals surface area contributed by atoms with Crippen LogP contribution in [0.3, 0.4) is 0 Å². The smallest absolute Gasteiger partial charge is 0.338 e. The molecule has 1 aliphatic rings. The molecule has 7 nitrogen and oxygen atoms in total. The molecule has 152 valence electrons. The fraction of sp³-hybridized carbons (Fsp3) is 0.143. The number of ether oxygens (including phenoxy) is 1. The summed E-state index contributed by atoms with van der Waals surface area (Å²) in [7, 11) is 0. The Balaban J connectivity index is 1.56. The normalized spacial score (nSPS) is 13.2. The molecule has 30 heavy (non-hydrogen) atoms. The molecule has 0 saturated heterocycles. The van der Waals surface area contributed by atoms with E-state index in [2.05, 4.69) is 11.6 Å². The number of imide groups is 1. The van der Waals surface area contributed by atoms with Crippen LogP contribution in [0.5, 0.6) is 0 Å². The van der Waals surface area contributed by atoms with E-state index in [0.29, 0.717) is 10.1 Å². The maximum atomic E-state index is 13.5. The number of halogens is 2. The van der Waals surface area contributed by atoms with Crippen molar-refractivity contribution in [2.75, 3.05) is 6.54 Å². The second-order valence-electron chi connectivity index (χ2n) is 6.51. The molecular formula is C21H15F2N3O4. The van der Waals surface area contributed by atoms with Gasteiger partial charge in [-0.05, 0) is 30.3 Å². The van der Waals surface area contributed by atoms with Crippen molar-refractivity contribution in [2.24, 2.45) is 0 Å². The molecule has 2 amide bonds. The number of amides is 2.